The molecule has 9 heavy (non-hydrogen) atoms. The number of ether oxygens (including phenoxy) is 1. The lowest BCUT2D eigenvalue weighted by molar-refractivity contribution is -0.154. The van der Waals surface area contributed by atoms with E-state index < -0.39 is 12.3 Å². The van der Waals surface area contributed by atoms with Crippen LogP contribution in [0.3, 0.4) is 0 Å². The van der Waals surface area contributed by atoms with Crippen LogP contribution < -0.4 is 0 Å². The standard InChI is InChI=1S/C6H8O3/c1-3-4(2)6(8)9-5(3)7/h4,6,8H,1H2,2H3. The predicted molar refractivity (Wildman–Crippen MR) is 30.4 cm³/mol. The van der Waals surface area contributed by atoms with E-state index in [1.807, 2.05) is 0 Å². The van der Waals surface area contributed by atoms with E-state index in [9.17, 15) is 4.79 Å². The summed E-state index contributed by atoms with van der Waals surface area (Å²) in [6.45, 7) is 5.12. The molecule has 0 bridgehead atoms. The van der Waals surface area contributed by atoms with Crippen molar-refractivity contribution in [1.29, 1.82) is 0 Å². The number of carbonyl (C=O) groups is 1. The third-order valence-electron chi connectivity index (χ3n) is 1.47. The van der Waals surface area contributed by atoms with Crippen molar-refractivity contribution >= 4 is 5.97 Å². The van der Waals surface area contributed by atoms with Crippen LogP contribution in [0.5, 0.6) is 0 Å². The van der Waals surface area contributed by atoms with Crippen molar-refractivity contribution in [3.8, 4) is 0 Å². The zero-order valence-corrected chi connectivity index (χ0v) is 5.13. The molecule has 1 aliphatic rings. The molecule has 50 valence electrons. The topological polar surface area (TPSA) is 46.5 Å². The summed E-state index contributed by atoms with van der Waals surface area (Å²) >= 11 is 0. The molecule has 1 aliphatic heterocycles. The minimum Gasteiger partial charge on any atom is -0.432 e. The summed E-state index contributed by atoms with van der Waals surface area (Å²) in [6.07, 6.45) is -0.981. The number of carbonyl (C=O) groups excluding carboxylic acids is 1. The SMILES string of the molecule is C=C1C(=O)OC(O)C1C. The maximum Gasteiger partial charge on any atom is 0.336 e. The first-order valence-corrected chi connectivity index (χ1v) is 2.71. The number of cyclic esters (lactones) is 1. The fraction of sp³-hybridized carbons (Fsp3) is 0.500. The van der Waals surface area contributed by atoms with E-state index in [-0.39, 0.29) is 5.92 Å². The number of aliphatic hydroxyl groups excluding tert-OH is 1. The molecule has 0 saturated carbocycles. The molecule has 0 aliphatic carbocycles. The molecule has 1 rings (SSSR count). The fourth-order valence-electron chi connectivity index (χ4n) is 0.645. The Morgan fingerprint density at radius 1 is 1.78 bits per heavy atom. The molecule has 3 nitrogen and oxygen atoms in total. The van der Waals surface area contributed by atoms with E-state index >= 15 is 0 Å². The average Bonchev–Trinajstić information content (AvgIpc) is 1.98. The zero-order valence-electron chi connectivity index (χ0n) is 5.13. The molecule has 1 heterocycles. The number of hydrogen-bond acceptors (Lipinski definition) is 3. The lowest BCUT2D eigenvalue weighted by Gasteiger charge is -2.02. The van der Waals surface area contributed by atoms with Crippen LogP contribution in [0.2, 0.25) is 0 Å². The molecule has 1 fully saturated rings. The Morgan fingerprint density at radius 2 is 2.33 bits per heavy atom. The summed E-state index contributed by atoms with van der Waals surface area (Å²) in [6, 6.07) is 0. The van der Waals surface area contributed by atoms with Crippen LogP contribution in [0, 0.1) is 5.92 Å². The number of esters is 1. The highest BCUT2D eigenvalue weighted by molar-refractivity contribution is 5.90. The Morgan fingerprint density at radius 3 is 2.44 bits per heavy atom. The van der Waals surface area contributed by atoms with Crippen molar-refractivity contribution in [3.05, 3.63) is 12.2 Å². The quantitative estimate of drug-likeness (QED) is 0.370. The van der Waals surface area contributed by atoms with E-state index in [0.29, 0.717) is 5.57 Å². The molecular weight excluding hydrogens is 120 g/mol. The second-order valence-corrected chi connectivity index (χ2v) is 2.11. The minimum atomic E-state index is -0.981. The fourth-order valence-corrected chi connectivity index (χ4v) is 0.645. The third-order valence-corrected chi connectivity index (χ3v) is 1.47. The monoisotopic (exact) mass is 128 g/mol. The largest absolute Gasteiger partial charge is 0.432 e. The van der Waals surface area contributed by atoms with Gasteiger partial charge in [-0.15, -0.1) is 0 Å². The first-order valence-electron chi connectivity index (χ1n) is 2.71. The van der Waals surface area contributed by atoms with Gasteiger partial charge in [-0.05, 0) is 0 Å². The summed E-state index contributed by atoms with van der Waals surface area (Å²) in [4.78, 5) is 10.5. The van der Waals surface area contributed by atoms with Gasteiger partial charge in [0.1, 0.15) is 0 Å². The number of rotatable bonds is 0. The van der Waals surface area contributed by atoms with Crippen molar-refractivity contribution in [2.45, 2.75) is 13.2 Å². The summed E-state index contributed by atoms with van der Waals surface area (Å²) in [5, 5.41) is 8.83. The number of aliphatic hydroxyl groups is 1. The Labute approximate surface area is 52.9 Å². The van der Waals surface area contributed by atoms with E-state index in [1.54, 1.807) is 6.92 Å². The van der Waals surface area contributed by atoms with E-state index in [1.165, 1.54) is 0 Å². The van der Waals surface area contributed by atoms with Crippen LogP contribution in [0.4, 0.5) is 0 Å². The Kier molecular flexibility index (Phi) is 1.29. The molecule has 0 radical (unpaired) electrons. The van der Waals surface area contributed by atoms with Crippen LogP contribution in [0.25, 0.3) is 0 Å². The van der Waals surface area contributed by atoms with E-state index in [2.05, 4.69) is 11.3 Å². The molecule has 1 N–H and O–H groups in total. The molecule has 0 aromatic heterocycles. The molecule has 0 spiro atoms. The molecule has 0 aromatic carbocycles. The highest BCUT2D eigenvalue weighted by Gasteiger charge is 2.33. The van der Waals surface area contributed by atoms with Gasteiger partial charge in [0.05, 0.1) is 5.92 Å². The predicted octanol–water partition coefficient (Wildman–Crippen LogP) is 0.0539. The normalized spacial score (nSPS) is 34.9. The summed E-state index contributed by atoms with van der Waals surface area (Å²) in [5.74, 6) is -0.743. The lowest BCUT2D eigenvalue weighted by Crippen LogP contribution is -2.11. The molecule has 3 heteroatoms. The first kappa shape index (κ1) is 6.29. The summed E-state index contributed by atoms with van der Waals surface area (Å²) in [5.41, 5.74) is 0.350. The smallest absolute Gasteiger partial charge is 0.336 e. The average molecular weight is 128 g/mol. The molecule has 2 atom stereocenters. The minimum absolute atomic E-state index is 0.252. The van der Waals surface area contributed by atoms with Gasteiger partial charge in [0.2, 0.25) is 6.29 Å². The highest BCUT2D eigenvalue weighted by atomic mass is 16.6. The van der Waals surface area contributed by atoms with Crippen molar-refractivity contribution < 1.29 is 14.6 Å². The van der Waals surface area contributed by atoms with Crippen LogP contribution >= 0.6 is 0 Å². The van der Waals surface area contributed by atoms with Gasteiger partial charge in [0.15, 0.2) is 0 Å². The van der Waals surface area contributed by atoms with Crippen LogP contribution in [-0.4, -0.2) is 17.4 Å². The Hall–Kier alpha value is -0.830. The van der Waals surface area contributed by atoms with Gasteiger partial charge < -0.3 is 9.84 Å². The maximum atomic E-state index is 10.5. The van der Waals surface area contributed by atoms with Crippen molar-refractivity contribution in [2.24, 2.45) is 5.92 Å². The van der Waals surface area contributed by atoms with Crippen molar-refractivity contribution in [3.63, 3.8) is 0 Å². The van der Waals surface area contributed by atoms with E-state index in [4.69, 9.17) is 5.11 Å². The van der Waals surface area contributed by atoms with Gasteiger partial charge in [-0.25, -0.2) is 4.79 Å². The van der Waals surface area contributed by atoms with Crippen LogP contribution in [0.1, 0.15) is 6.92 Å². The summed E-state index contributed by atoms with van der Waals surface area (Å²) < 4.78 is 4.40. The maximum absolute atomic E-state index is 10.5. The first-order chi connectivity index (χ1) is 4.13. The van der Waals surface area contributed by atoms with Gasteiger partial charge in [0.25, 0.3) is 0 Å². The zero-order chi connectivity index (χ0) is 7.02. The molecule has 1 saturated heterocycles. The molecular formula is C6H8O3. The molecule has 0 aromatic rings. The second kappa shape index (κ2) is 1.84. The Bertz CT molecular complexity index is 162. The van der Waals surface area contributed by atoms with Gasteiger partial charge in [-0.2, -0.15) is 0 Å². The van der Waals surface area contributed by atoms with E-state index in [0.717, 1.165) is 0 Å². The Balaban J connectivity index is 2.77. The summed E-state index contributed by atoms with van der Waals surface area (Å²) in [7, 11) is 0. The van der Waals surface area contributed by atoms with Gasteiger partial charge >= 0.3 is 5.97 Å². The number of hydrogen-bond donors (Lipinski definition) is 1. The third kappa shape index (κ3) is 0.833. The van der Waals surface area contributed by atoms with Gasteiger partial charge in [0, 0.05) is 5.57 Å². The molecule has 0 amide bonds. The molecule has 2 unspecified atom stereocenters. The van der Waals surface area contributed by atoms with Gasteiger partial charge in [-0.1, -0.05) is 13.5 Å². The van der Waals surface area contributed by atoms with Gasteiger partial charge in [-0.3, -0.25) is 0 Å². The lowest BCUT2D eigenvalue weighted by atomic mass is 10.1. The van der Waals surface area contributed by atoms with Crippen LogP contribution in [0.15, 0.2) is 12.2 Å². The second-order valence-electron chi connectivity index (χ2n) is 2.11. The van der Waals surface area contributed by atoms with Crippen LogP contribution in [-0.2, 0) is 9.53 Å². The van der Waals surface area contributed by atoms with Crippen molar-refractivity contribution in [2.75, 3.05) is 0 Å². The highest BCUT2D eigenvalue weighted by Crippen LogP contribution is 2.23. The van der Waals surface area contributed by atoms with Crippen molar-refractivity contribution in [1.82, 2.24) is 0 Å².